The van der Waals surface area contributed by atoms with Gasteiger partial charge < -0.3 is 14.2 Å². The second-order valence-electron chi connectivity index (χ2n) is 7.34. The lowest BCUT2D eigenvalue weighted by atomic mass is 10.1. The molecule has 0 heterocycles. The van der Waals surface area contributed by atoms with E-state index in [4.69, 9.17) is 14.2 Å². The summed E-state index contributed by atoms with van der Waals surface area (Å²) in [6.45, 7) is 5.52. The van der Waals surface area contributed by atoms with E-state index in [2.05, 4.69) is 0 Å². The van der Waals surface area contributed by atoms with Gasteiger partial charge in [-0.25, -0.2) is 13.2 Å². The van der Waals surface area contributed by atoms with Crippen LogP contribution in [0.2, 0.25) is 0 Å². The summed E-state index contributed by atoms with van der Waals surface area (Å²) in [6, 6.07) is 4.45. The van der Waals surface area contributed by atoms with Gasteiger partial charge in [0.2, 0.25) is 10.0 Å². The van der Waals surface area contributed by atoms with Crippen molar-refractivity contribution in [2.45, 2.75) is 44.8 Å². The van der Waals surface area contributed by atoms with Crippen molar-refractivity contribution in [1.82, 2.24) is 4.72 Å². The molecule has 0 spiro atoms. The summed E-state index contributed by atoms with van der Waals surface area (Å²) in [4.78, 5) is 11.6. The zero-order chi connectivity index (χ0) is 25.0. The Kier molecular flexibility index (Phi) is 8.36. The zero-order valence-corrected chi connectivity index (χ0v) is 19.7. The van der Waals surface area contributed by atoms with Gasteiger partial charge in [0.1, 0.15) is 6.61 Å². The number of halogens is 3. The number of alkyl halides is 3. The van der Waals surface area contributed by atoms with Crippen molar-refractivity contribution in [3.8, 4) is 11.5 Å². The number of ether oxygens (including phenoxy) is 3. The Morgan fingerprint density at radius 2 is 1.67 bits per heavy atom. The maximum absolute atomic E-state index is 13.7. The molecular weight excluding hydrogens is 463 g/mol. The molecule has 0 saturated carbocycles. The van der Waals surface area contributed by atoms with Crippen LogP contribution < -0.4 is 14.2 Å². The molecule has 11 heteroatoms. The SMILES string of the molecule is CCOC(=O)c1ccc(OCC(NS(=O)(=O)c2c(C)cc(C)cc2C)C(F)(F)F)c(OC)c1. The smallest absolute Gasteiger partial charge is 0.408 e. The third-order valence-electron chi connectivity index (χ3n) is 4.65. The summed E-state index contributed by atoms with van der Waals surface area (Å²) in [5.41, 5.74) is 1.58. The third kappa shape index (κ3) is 6.61. The van der Waals surface area contributed by atoms with Crippen LogP contribution in [0.1, 0.15) is 34.0 Å². The maximum Gasteiger partial charge on any atom is 0.408 e. The predicted molar refractivity (Wildman–Crippen MR) is 115 cm³/mol. The van der Waals surface area contributed by atoms with Crippen LogP contribution in [0.3, 0.4) is 0 Å². The Balaban J connectivity index is 2.29. The number of nitrogens with one attached hydrogen (secondary N) is 1. The quantitative estimate of drug-likeness (QED) is 0.534. The monoisotopic (exact) mass is 489 g/mol. The van der Waals surface area contributed by atoms with Crippen molar-refractivity contribution in [1.29, 1.82) is 0 Å². The molecule has 0 bridgehead atoms. The summed E-state index contributed by atoms with van der Waals surface area (Å²) < 4.78 is 83.6. The summed E-state index contributed by atoms with van der Waals surface area (Å²) in [6.07, 6.45) is -4.93. The average molecular weight is 490 g/mol. The lowest BCUT2D eigenvalue weighted by Crippen LogP contribution is -2.49. The largest absolute Gasteiger partial charge is 0.493 e. The molecule has 2 rings (SSSR count). The molecule has 33 heavy (non-hydrogen) atoms. The summed E-state index contributed by atoms with van der Waals surface area (Å²) >= 11 is 0. The number of rotatable bonds is 9. The zero-order valence-electron chi connectivity index (χ0n) is 18.9. The Labute approximate surface area is 190 Å². The molecule has 7 nitrogen and oxygen atoms in total. The molecule has 0 radical (unpaired) electrons. The number of hydrogen-bond donors (Lipinski definition) is 1. The van der Waals surface area contributed by atoms with E-state index in [9.17, 15) is 26.4 Å². The van der Waals surface area contributed by atoms with Crippen LogP contribution in [0.25, 0.3) is 0 Å². The van der Waals surface area contributed by atoms with Crippen molar-refractivity contribution < 1.29 is 40.6 Å². The molecule has 0 aromatic heterocycles. The molecule has 2 aromatic rings. The molecule has 182 valence electrons. The lowest BCUT2D eigenvalue weighted by Gasteiger charge is -2.23. The minimum Gasteiger partial charge on any atom is -0.493 e. The van der Waals surface area contributed by atoms with Gasteiger partial charge in [0.05, 0.1) is 24.2 Å². The van der Waals surface area contributed by atoms with Crippen LogP contribution in [-0.4, -0.2) is 46.9 Å². The number of benzene rings is 2. The van der Waals surface area contributed by atoms with Crippen LogP contribution in [0, 0.1) is 20.8 Å². The Bertz CT molecular complexity index is 1090. The van der Waals surface area contributed by atoms with Crippen LogP contribution in [0.5, 0.6) is 11.5 Å². The molecule has 0 saturated heterocycles. The third-order valence-corrected chi connectivity index (χ3v) is 6.42. The topological polar surface area (TPSA) is 90.9 Å². The first-order chi connectivity index (χ1) is 15.3. The molecule has 0 amide bonds. The number of methoxy groups -OCH3 is 1. The second-order valence-corrected chi connectivity index (χ2v) is 8.99. The molecule has 0 aliphatic rings. The highest BCUT2D eigenvalue weighted by Crippen LogP contribution is 2.31. The molecule has 1 atom stereocenters. The fourth-order valence-corrected chi connectivity index (χ4v) is 4.99. The number of esters is 1. The number of sulfonamides is 1. The Hall–Kier alpha value is -2.79. The van der Waals surface area contributed by atoms with Crippen molar-refractivity contribution in [2.24, 2.45) is 0 Å². The Morgan fingerprint density at radius 1 is 1.06 bits per heavy atom. The first-order valence-electron chi connectivity index (χ1n) is 9.95. The molecule has 0 aliphatic heterocycles. The van der Waals surface area contributed by atoms with E-state index in [1.165, 1.54) is 39.2 Å². The summed E-state index contributed by atoms with van der Waals surface area (Å²) in [7, 11) is -3.25. The highest BCUT2D eigenvalue weighted by molar-refractivity contribution is 7.89. The Morgan fingerprint density at radius 3 is 2.18 bits per heavy atom. The normalized spacial score (nSPS) is 12.8. The molecule has 1 unspecified atom stereocenters. The van der Waals surface area contributed by atoms with Crippen LogP contribution in [0.15, 0.2) is 35.2 Å². The number of hydrogen-bond acceptors (Lipinski definition) is 6. The molecular formula is C22H26F3NO6S. The first kappa shape index (κ1) is 26.5. The highest BCUT2D eigenvalue weighted by atomic mass is 32.2. The average Bonchev–Trinajstić information content (AvgIpc) is 2.69. The summed E-state index contributed by atoms with van der Waals surface area (Å²) in [5, 5.41) is 0. The minimum absolute atomic E-state index is 0.00504. The van der Waals surface area contributed by atoms with E-state index in [-0.39, 0.29) is 28.6 Å². The van der Waals surface area contributed by atoms with Crippen molar-refractivity contribution in [3.05, 3.63) is 52.6 Å². The van der Waals surface area contributed by atoms with E-state index in [1.54, 1.807) is 30.7 Å². The number of carbonyl (C=O) groups excluding carboxylic acids is 1. The minimum atomic E-state index is -4.93. The van der Waals surface area contributed by atoms with Crippen LogP contribution in [-0.2, 0) is 14.8 Å². The summed E-state index contributed by atoms with van der Waals surface area (Å²) in [5.74, 6) is -0.733. The van der Waals surface area contributed by atoms with Crippen molar-refractivity contribution in [2.75, 3.05) is 20.3 Å². The van der Waals surface area contributed by atoms with Gasteiger partial charge in [-0.1, -0.05) is 17.7 Å². The van der Waals surface area contributed by atoms with Crippen molar-refractivity contribution in [3.63, 3.8) is 0 Å². The number of aryl methyl sites for hydroxylation is 3. The second kappa shape index (κ2) is 10.4. The van der Waals surface area contributed by atoms with Gasteiger partial charge in [0.15, 0.2) is 17.5 Å². The first-order valence-corrected chi connectivity index (χ1v) is 11.4. The van der Waals surface area contributed by atoms with Crippen LogP contribution in [0.4, 0.5) is 13.2 Å². The van der Waals surface area contributed by atoms with Crippen molar-refractivity contribution >= 4 is 16.0 Å². The van der Waals surface area contributed by atoms with E-state index >= 15 is 0 Å². The van der Waals surface area contributed by atoms with Gasteiger partial charge in [-0.05, 0) is 57.0 Å². The molecule has 1 N–H and O–H groups in total. The van der Waals surface area contributed by atoms with E-state index < -0.39 is 34.8 Å². The van der Waals surface area contributed by atoms with Gasteiger partial charge in [0.25, 0.3) is 0 Å². The highest BCUT2D eigenvalue weighted by Gasteiger charge is 2.43. The number of carbonyl (C=O) groups is 1. The maximum atomic E-state index is 13.7. The standard InChI is InChI=1S/C22H26F3NO6S/c1-6-31-21(27)16-7-8-17(18(11-16)30-5)32-12-19(22(23,24)25)26-33(28,29)20-14(3)9-13(2)10-15(20)4/h7-11,19,26H,6,12H2,1-5H3. The van der Waals surface area contributed by atoms with Gasteiger partial charge in [-0.2, -0.15) is 17.9 Å². The van der Waals surface area contributed by atoms with Gasteiger partial charge >= 0.3 is 12.1 Å². The van der Waals surface area contributed by atoms with E-state index in [0.717, 1.165) is 5.56 Å². The molecule has 2 aromatic carbocycles. The van der Waals surface area contributed by atoms with Gasteiger partial charge in [0, 0.05) is 0 Å². The van der Waals surface area contributed by atoms with E-state index in [0.29, 0.717) is 11.1 Å². The molecule has 0 aliphatic carbocycles. The fourth-order valence-electron chi connectivity index (χ4n) is 3.33. The lowest BCUT2D eigenvalue weighted by molar-refractivity contribution is -0.157. The van der Waals surface area contributed by atoms with Gasteiger partial charge in [-0.15, -0.1) is 0 Å². The fraction of sp³-hybridized carbons (Fsp3) is 0.409. The predicted octanol–water partition coefficient (Wildman–Crippen LogP) is 4.09. The van der Waals surface area contributed by atoms with E-state index in [1.807, 2.05) is 0 Å². The molecule has 0 fully saturated rings. The van der Waals surface area contributed by atoms with Gasteiger partial charge in [-0.3, -0.25) is 0 Å². The van der Waals surface area contributed by atoms with Crippen LogP contribution >= 0.6 is 0 Å².